The Hall–Kier alpha value is -1.26. The van der Waals surface area contributed by atoms with Gasteiger partial charge in [-0.05, 0) is 25.2 Å². The molecule has 0 spiro atoms. The van der Waals surface area contributed by atoms with Crippen LogP contribution in [0.3, 0.4) is 0 Å². The average molecular weight is 296 g/mol. The van der Waals surface area contributed by atoms with Gasteiger partial charge in [-0.3, -0.25) is 4.79 Å². The van der Waals surface area contributed by atoms with E-state index in [0.717, 1.165) is 12.8 Å². The fraction of sp³-hybridized carbons (Fsp3) is 0.875. The van der Waals surface area contributed by atoms with Crippen LogP contribution in [-0.4, -0.2) is 53.1 Å². The maximum Gasteiger partial charge on any atom is 0.320 e. The van der Waals surface area contributed by atoms with Gasteiger partial charge in [-0.1, -0.05) is 33.1 Å². The summed E-state index contributed by atoms with van der Waals surface area (Å²) in [5.41, 5.74) is -0.775. The highest BCUT2D eigenvalue weighted by atomic mass is 16.4. The third-order valence-corrected chi connectivity index (χ3v) is 5.53. The number of carboxylic acid groups (broad SMARTS) is 1. The smallest absolute Gasteiger partial charge is 0.320 e. The van der Waals surface area contributed by atoms with E-state index >= 15 is 0 Å². The van der Waals surface area contributed by atoms with Crippen LogP contribution in [0.15, 0.2) is 0 Å². The Morgan fingerprint density at radius 2 is 1.86 bits per heavy atom. The van der Waals surface area contributed by atoms with E-state index < -0.39 is 11.4 Å². The fourth-order valence-electron chi connectivity index (χ4n) is 3.74. The molecule has 0 aromatic rings. The van der Waals surface area contributed by atoms with E-state index in [4.69, 9.17) is 0 Å². The van der Waals surface area contributed by atoms with Gasteiger partial charge < -0.3 is 14.9 Å². The first-order valence-corrected chi connectivity index (χ1v) is 8.13. The van der Waals surface area contributed by atoms with Crippen LogP contribution < -0.4 is 0 Å². The van der Waals surface area contributed by atoms with E-state index in [1.807, 2.05) is 25.8 Å². The van der Waals surface area contributed by atoms with Crippen LogP contribution in [0.2, 0.25) is 0 Å². The number of hydrogen-bond donors (Lipinski definition) is 1. The van der Waals surface area contributed by atoms with Gasteiger partial charge in [0.25, 0.3) is 0 Å². The summed E-state index contributed by atoms with van der Waals surface area (Å²) in [6, 6.07) is 0.329. The van der Waals surface area contributed by atoms with E-state index in [2.05, 4.69) is 0 Å². The van der Waals surface area contributed by atoms with Crippen LogP contribution in [0, 0.1) is 11.3 Å². The Bertz CT molecular complexity index is 404. The lowest BCUT2D eigenvalue weighted by molar-refractivity contribution is -0.150. The first-order valence-electron chi connectivity index (χ1n) is 8.13. The highest BCUT2D eigenvalue weighted by Gasteiger charge is 2.49. The van der Waals surface area contributed by atoms with Crippen molar-refractivity contribution in [2.75, 3.05) is 20.1 Å². The van der Waals surface area contributed by atoms with Crippen LogP contribution >= 0.6 is 0 Å². The number of carboxylic acids is 1. The van der Waals surface area contributed by atoms with Gasteiger partial charge in [0.05, 0.1) is 5.41 Å². The van der Waals surface area contributed by atoms with Crippen LogP contribution in [0.1, 0.15) is 52.4 Å². The van der Waals surface area contributed by atoms with Crippen molar-refractivity contribution in [3.63, 3.8) is 0 Å². The summed E-state index contributed by atoms with van der Waals surface area (Å²) in [6.07, 6.45) is 6.34. The number of urea groups is 1. The number of carbonyl (C=O) groups is 2. The van der Waals surface area contributed by atoms with Crippen molar-refractivity contribution < 1.29 is 14.7 Å². The molecule has 2 amide bonds. The molecule has 1 atom stereocenters. The molecular formula is C16H28N2O3. The van der Waals surface area contributed by atoms with Crippen molar-refractivity contribution in [2.24, 2.45) is 11.3 Å². The summed E-state index contributed by atoms with van der Waals surface area (Å²) in [7, 11) is 1.87. The number of hydrogen-bond acceptors (Lipinski definition) is 2. The van der Waals surface area contributed by atoms with Gasteiger partial charge in [-0.2, -0.15) is 0 Å². The maximum atomic E-state index is 12.6. The Morgan fingerprint density at radius 1 is 1.24 bits per heavy atom. The Morgan fingerprint density at radius 3 is 2.33 bits per heavy atom. The van der Waals surface area contributed by atoms with Crippen molar-refractivity contribution in [1.29, 1.82) is 0 Å². The van der Waals surface area contributed by atoms with E-state index in [-0.39, 0.29) is 11.9 Å². The third-order valence-electron chi connectivity index (χ3n) is 5.53. The zero-order chi connectivity index (χ0) is 15.6. The molecule has 2 aliphatic rings. The minimum Gasteiger partial charge on any atom is -0.481 e. The van der Waals surface area contributed by atoms with Crippen LogP contribution in [0.25, 0.3) is 0 Å². The third kappa shape index (κ3) is 3.01. The van der Waals surface area contributed by atoms with E-state index in [9.17, 15) is 14.7 Å². The fourth-order valence-corrected chi connectivity index (χ4v) is 3.74. The second-order valence-electron chi connectivity index (χ2n) is 6.97. The van der Waals surface area contributed by atoms with Gasteiger partial charge in [0.1, 0.15) is 0 Å². The molecule has 1 aliphatic heterocycles. The quantitative estimate of drug-likeness (QED) is 0.871. The lowest BCUT2D eigenvalue weighted by atomic mass is 9.76. The lowest BCUT2D eigenvalue weighted by Gasteiger charge is -2.35. The summed E-state index contributed by atoms with van der Waals surface area (Å²) in [6.45, 7) is 4.77. The van der Waals surface area contributed by atoms with Crippen molar-refractivity contribution in [1.82, 2.24) is 9.80 Å². The standard InChI is InChI=1S/C16H28N2O3/c1-12(2)16(14(19)20)9-10-18(11-16)15(21)17(3)13-7-5-4-6-8-13/h12-13H,4-11H2,1-3H3,(H,19,20). The molecular weight excluding hydrogens is 268 g/mol. The average Bonchev–Trinajstić information content (AvgIpc) is 2.93. The predicted molar refractivity (Wildman–Crippen MR) is 81.1 cm³/mol. The Balaban J connectivity index is 2.02. The molecule has 0 aromatic carbocycles. The highest BCUT2D eigenvalue weighted by molar-refractivity contribution is 5.80. The lowest BCUT2D eigenvalue weighted by Crippen LogP contribution is -2.47. The van der Waals surface area contributed by atoms with Crippen molar-refractivity contribution >= 4 is 12.0 Å². The molecule has 1 N–H and O–H groups in total. The van der Waals surface area contributed by atoms with Crippen molar-refractivity contribution in [2.45, 2.75) is 58.4 Å². The van der Waals surface area contributed by atoms with Crippen molar-refractivity contribution in [3.8, 4) is 0 Å². The molecule has 1 heterocycles. The van der Waals surface area contributed by atoms with Gasteiger partial charge in [-0.15, -0.1) is 0 Å². The Kier molecular flexibility index (Phi) is 4.79. The molecule has 21 heavy (non-hydrogen) atoms. The summed E-state index contributed by atoms with van der Waals surface area (Å²) in [5.74, 6) is -0.735. The molecule has 2 rings (SSSR count). The molecule has 120 valence electrons. The van der Waals surface area contributed by atoms with Crippen LogP contribution in [-0.2, 0) is 4.79 Å². The number of aliphatic carboxylic acids is 1. The molecule has 5 nitrogen and oxygen atoms in total. The first-order chi connectivity index (χ1) is 9.88. The topological polar surface area (TPSA) is 60.9 Å². The molecule has 1 aliphatic carbocycles. The maximum absolute atomic E-state index is 12.6. The number of rotatable bonds is 3. The SMILES string of the molecule is CC(C)C1(C(=O)O)CCN(C(=O)N(C)C2CCCCC2)C1. The summed E-state index contributed by atoms with van der Waals surface area (Å²) < 4.78 is 0. The summed E-state index contributed by atoms with van der Waals surface area (Å²) >= 11 is 0. The number of amides is 2. The summed E-state index contributed by atoms with van der Waals surface area (Å²) in [5, 5.41) is 9.57. The minimum absolute atomic E-state index is 0.00525. The Labute approximate surface area is 127 Å². The minimum atomic E-state index is -0.775. The normalized spacial score (nSPS) is 27.1. The zero-order valence-electron chi connectivity index (χ0n) is 13.5. The molecule has 0 radical (unpaired) electrons. The van der Waals surface area contributed by atoms with Crippen molar-refractivity contribution in [3.05, 3.63) is 0 Å². The first kappa shape index (κ1) is 16.1. The number of nitrogens with zero attached hydrogens (tertiary/aromatic N) is 2. The van der Waals surface area contributed by atoms with E-state index in [1.54, 1.807) is 4.90 Å². The van der Waals surface area contributed by atoms with Gasteiger partial charge >= 0.3 is 12.0 Å². The number of carbonyl (C=O) groups excluding carboxylic acids is 1. The molecule has 2 fully saturated rings. The second kappa shape index (κ2) is 6.24. The molecule has 0 aromatic heterocycles. The van der Waals surface area contributed by atoms with Gasteiger partial charge in [0, 0.05) is 26.2 Å². The molecule has 1 saturated heterocycles. The molecule has 0 bridgehead atoms. The number of likely N-dealkylation sites (tertiary alicyclic amines) is 1. The van der Waals surface area contributed by atoms with Gasteiger partial charge in [-0.25, -0.2) is 4.79 Å². The monoisotopic (exact) mass is 296 g/mol. The van der Waals surface area contributed by atoms with E-state index in [0.29, 0.717) is 25.6 Å². The molecule has 1 unspecified atom stereocenters. The highest BCUT2D eigenvalue weighted by Crippen LogP contribution is 2.38. The van der Waals surface area contributed by atoms with Crippen LogP contribution in [0.4, 0.5) is 4.79 Å². The van der Waals surface area contributed by atoms with Gasteiger partial charge in [0.15, 0.2) is 0 Å². The van der Waals surface area contributed by atoms with Gasteiger partial charge in [0.2, 0.25) is 0 Å². The summed E-state index contributed by atoms with van der Waals surface area (Å²) in [4.78, 5) is 27.9. The molecule has 5 heteroatoms. The second-order valence-corrected chi connectivity index (χ2v) is 6.97. The molecule has 1 saturated carbocycles. The van der Waals surface area contributed by atoms with Crippen LogP contribution in [0.5, 0.6) is 0 Å². The predicted octanol–water partition coefficient (Wildman–Crippen LogP) is 2.80. The zero-order valence-corrected chi connectivity index (χ0v) is 13.5. The van der Waals surface area contributed by atoms with E-state index in [1.165, 1.54) is 19.3 Å². The largest absolute Gasteiger partial charge is 0.481 e.